The maximum absolute atomic E-state index is 10.5. The number of nitrogens with zero attached hydrogens (tertiary/aromatic N) is 1. The van der Waals surface area contributed by atoms with Gasteiger partial charge in [-0.3, -0.25) is 4.90 Å². The Labute approximate surface area is 156 Å². The van der Waals surface area contributed by atoms with Crippen molar-refractivity contribution in [1.29, 1.82) is 0 Å². The van der Waals surface area contributed by atoms with E-state index < -0.39 is 0 Å². The smallest absolute Gasteiger partial charge is 0.164 e. The molecule has 4 nitrogen and oxygen atoms in total. The Kier molecular flexibility index (Phi) is 3.98. The van der Waals surface area contributed by atoms with Crippen molar-refractivity contribution in [3.05, 3.63) is 23.3 Å². The molecule has 1 aliphatic heterocycles. The van der Waals surface area contributed by atoms with E-state index in [0.29, 0.717) is 18.1 Å². The fraction of sp³-hybridized carbons (Fsp3) is 0.727. The van der Waals surface area contributed by atoms with Gasteiger partial charge in [0.15, 0.2) is 11.5 Å². The van der Waals surface area contributed by atoms with Gasteiger partial charge < -0.3 is 14.6 Å². The summed E-state index contributed by atoms with van der Waals surface area (Å²) in [7, 11) is 3.55. The second kappa shape index (κ2) is 6.13. The zero-order chi connectivity index (χ0) is 17.9. The lowest BCUT2D eigenvalue weighted by atomic mass is 9.51. The van der Waals surface area contributed by atoms with E-state index in [1.54, 1.807) is 7.11 Å². The lowest BCUT2D eigenvalue weighted by Crippen LogP contribution is -2.62. The van der Waals surface area contributed by atoms with E-state index in [1.807, 2.05) is 13.2 Å². The Bertz CT molecular complexity index is 701. The van der Waals surface area contributed by atoms with Gasteiger partial charge in [-0.2, -0.15) is 0 Å². The number of piperidine rings is 1. The van der Waals surface area contributed by atoms with Crippen molar-refractivity contribution in [2.75, 3.05) is 27.3 Å². The summed E-state index contributed by atoms with van der Waals surface area (Å²) in [6, 6.07) is 4.62. The van der Waals surface area contributed by atoms with E-state index >= 15 is 0 Å². The molecule has 3 aliphatic carbocycles. The molecule has 2 bridgehead atoms. The number of fused-ring (bicyclic) bond motifs is 1. The molecule has 0 amide bonds. The van der Waals surface area contributed by atoms with Crippen LogP contribution >= 0.6 is 0 Å². The average Bonchev–Trinajstić information content (AvgIpc) is 3.48. The normalized spacial score (nSPS) is 36.3. The molecule has 4 aliphatic rings. The third-order valence-electron chi connectivity index (χ3n) is 7.76. The first-order valence-corrected chi connectivity index (χ1v) is 10.3. The molecule has 0 aromatic heterocycles. The highest BCUT2D eigenvalue weighted by Crippen LogP contribution is 2.59. The van der Waals surface area contributed by atoms with Crippen molar-refractivity contribution in [3.8, 4) is 11.5 Å². The van der Waals surface area contributed by atoms with E-state index in [0.717, 1.165) is 37.4 Å². The average molecular weight is 357 g/mol. The molecule has 3 unspecified atom stereocenters. The van der Waals surface area contributed by atoms with E-state index in [-0.39, 0.29) is 11.2 Å². The standard InChI is InChI=1S/C22H31NO3/c1-25-16-6-7-17-18-11-15-5-8-19(24)21(26-2)20(15)22(17,12-16)9-10-23(18)13-14-3-4-14/h5,8,14,16-18,24H,3-4,6-7,9-13H2,1-2H3/t16?,17?,18-,22?/m1/s1. The molecule has 142 valence electrons. The second-order valence-electron chi connectivity index (χ2n) is 9.01. The van der Waals surface area contributed by atoms with Gasteiger partial charge in [0.05, 0.1) is 13.2 Å². The van der Waals surface area contributed by atoms with Crippen LogP contribution in [0.4, 0.5) is 0 Å². The van der Waals surface area contributed by atoms with Gasteiger partial charge in [0.1, 0.15) is 0 Å². The number of phenolic OH excluding ortho intramolecular Hbond substituents is 1. The molecule has 1 heterocycles. The zero-order valence-corrected chi connectivity index (χ0v) is 16.0. The van der Waals surface area contributed by atoms with Gasteiger partial charge >= 0.3 is 0 Å². The van der Waals surface area contributed by atoms with Crippen molar-refractivity contribution in [2.24, 2.45) is 11.8 Å². The van der Waals surface area contributed by atoms with Crippen LogP contribution < -0.4 is 4.74 Å². The predicted octanol–water partition coefficient (Wildman–Crippen LogP) is 3.49. The minimum Gasteiger partial charge on any atom is -0.504 e. The summed E-state index contributed by atoms with van der Waals surface area (Å²) in [5.41, 5.74) is 2.79. The minimum atomic E-state index is 0.0985. The maximum Gasteiger partial charge on any atom is 0.164 e. The lowest BCUT2D eigenvalue weighted by Gasteiger charge is -2.60. The fourth-order valence-corrected chi connectivity index (χ4v) is 6.42. The highest BCUT2D eigenvalue weighted by atomic mass is 16.5. The molecule has 5 rings (SSSR count). The Morgan fingerprint density at radius 3 is 2.77 bits per heavy atom. The molecule has 1 aromatic rings. The number of aromatic hydroxyl groups is 1. The minimum absolute atomic E-state index is 0.0985. The third-order valence-corrected chi connectivity index (χ3v) is 7.76. The van der Waals surface area contributed by atoms with Crippen LogP contribution in [0.5, 0.6) is 11.5 Å². The van der Waals surface area contributed by atoms with Gasteiger partial charge in [0, 0.05) is 30.7 Å². The molecule has 26 heavy (non-hydrogen) atoms. The fourth-order valence-electron chi connectivity index (χ4n) is 6.42. The van der Waals surface area contributed by atoms with E-state index in [2.05, 4.69) is 11.0 Å². The number of benzene rings is 1. The Balaban J connectivity index is 1.62. The molecule has 0 spiro atoms. The quantitative estimate of drug-likeness (QED) is 0.896. The van der Waals surface area contributed by atoms with Gasteiger partial charge in [0.2, 0.25) is 0 Å². The summed E-state index contributed by atoms with van der Waals surface area (Å²) in [6.45, 7) is 2.46. The van der Waals surface area contributed by atoms with E-state index in [9.17, 15) is 5.11 Å². The van der Waals surface area contributed by atoms with Gasteiger partial charge in [0.25, 0.3) is 0 Å². The number of phenols is 1. The van der Waals surface area contributed by atoms with E-state index in [1.165, 1.54) is 43.5 Å². The molecule has 2 saturated carbocycles. The summed E-state index contributed by atoms with van der Waals surface area (Å²) in [5.74, 6) is 2.61. The number of methoxy groups -OCH3 is 2. The Hall–Kier alpha value is -1.26. The number of ether oxygens (including phenoxy) is 2. The first-order chi connectivity index (χ1) is 12.7. The number of hydrogen-bond donors (Lipinski definition) is 1. The van der Waals surface area contributed by atoms with Crippen LogP contribution in [-0.2, 0) is 16.6 Å². The van der Waals surface area contributed by atoms with Crippen LogP contribution in [0.2, 0.25) is 0 Å². The topological polar surface area (TPSA) is 41.9 Å². The summed E-state index contributed by atoms with van der Waals surface area (Å²) in [6.07, 6.45) is 8.87. The maximum atomic E-state index is 10.5. The first-order valence-electron chi connectivity index (χ1n) is 10.3. The SMILES string of the molecule is COc1c(O)ccc2c1C13CCN(CC4CC4)[C@H](C2)C1CCC(OC)C3. The number of likely N-dealkylation sites (tertiary alicyclic amines) is 1. The molecule has 1 N–H and O–H groups in total. The van der Waals surface area contributed by atoms with Crippen molar-refractivity contribution >= 4 is 0 Å². The van der Waals surface area contributed by atoms with Crippen molar-refractivity contribution in [2.45, 2.75) is 62.5 Å². The van der Waals surface area contributed by atoms with Gasteiger partial charge in [-0.1, -0.05) is 6.07 Å². The molecular weight excluding hydrogens is 326 g/mol. The molecule has 1 saturated heterocycles. The van der Waals surface area contributed by atoms with Crippen LogP contribution in [0.1, 0.15) is 49.7 Å². The summed E-state index contributed by atoms with van der Waals surface area (Å²) in [4.78, 5) is 2.80. The Morgan fingerprint density at radius 1 is 1.19 bits per heavy atom. The molecule has 4 heteroatoms. The highest BCUT2D eigenvalue weighted by molar-refractivity contribution is 5.56. The van der Waals surface area contributed by atoms with Crippen molar-refractivity contribution in [1.82, 2.24) is 4.90 Å². The molecular formula is C22H31NO3. The first kappa shape index (κ1) is 16.9. The monoisotopic (exact) mass is 357 g/mol. The number of hydrogen-bond acceptors (Lipinski definition) is 4. The van der Waals surface area contributed by atoms with E-state index in [4.69, 9.17) is 9.47 Å². The zero-order valence-electron chi connectivity index (χ0n) is 16.0. The summed E-state index contributed by atoms with van der Waals surface area (Å²) >= 11 is 0. The second-order valence-corrected chi connectivity index (χ2v) is 9.01. The number of rotatable bonds is 4. The van der Waals surface area contributed by atoms with Crippen molar-refractivity contribution < 1.29 is 14.6 Å². The molecule has 1 aromatic carbocycles. The van der Waals surface area contributed by atoms with Crippen LogP contribution in [0.25, 0.3) is 0 Å². The van der Waals surface area contributed by atoms with Crippen molar-refractivity contribution in [3.63, 3.8) is 0 Å². The van der Waals surface area contributed by atoms with Crippen LogP contribution in [0, 0.1) is 11.8 Å². The van der Waals surface area contributed by atoms with Gasteiger partial charge in [-0.15, -0.1) is 0 Å². The summed E-state index contributed by atoms with van der Waals surface area (Å²) < 4.78 is 11.6. The van der Waals surface area contributed by atoms with Crippen LogP contribution in [0.3, 0.4) is 0 Å². The summed E-state index contributed by atoms with van der Waals surface area (Å²) in [5, 5.41) is 10.5. The van der Waals surface area contributed by atoms with Gasteiger partial charge in [-0.25, -0.2) is 0 Å². The largest absolute Gasteiger partial charge is 0.504 e. The molecule has 4 atom stereocenters. The van der Waals surface area contributed by atoms with Crippen LogP contribution in [0.15, 0.2) is 12.1 Å². The third kappa shape index (κ3) is 2.41. The molecule has 0 radical (unpaired) electrons. The molecule has 3 fully saturated rings. The Morgan fingerprint density at radius 2 is 2.04 bits per heavy atom. The highest BCUT2D eigenvalue weighted by Gasteiger charge is 2.57. The lowest BCUT2D eigenvalue weighted by molar-refractivity contribution is -0.0613. The van der Waals surface area contributed by atoms with Gasteiger partial charge in [-0.05, 0) is 75.0 Å². The van der Waals surface area contributed by atoms with Crippen LogP contribution in [-0.4, -0.2) is 49.5 Å². The predicted molar refractivity (Wildman–Crippen MR) is 101 cm³/mol.